The van der Waals surface area contributed by atoms with Gasteiger partial charge in [-0.1, -0.05) is 30.3 Å². The minimum Gasteiger partial charge on any atom is -0.326 e. The molecule has 1 aliphatic rings. The molecule has 0 aliphatic carbocycles. The number of nitrogens with zero attached hydrogens (tertiary/aromatic N) is 1. The highest BCUT2D eigenvalue weighted by atomic mass is 32.2. The molecule has 0 spiro atoms. The van der Waals surface area contributed by atoms with Crippen molar-refractivity contribution in [2.24, 2.45) is 0 Å². The van der Waals surface area contributed by atoms with Gasteiger partial charge in [-0.15, -0.1) is 0 Å². The maximum Gasteiger partial charge on any atom is 0.243 e. The van der Waals surface area contributed by atoms with Crippen LogP contribution in [0.25, 0.3) is 10.8 Å². The van der Waals surface area contributed by atoms with E-state index in [-0.39, 0.29) is 16.7 Å². The summed E-state index contributed by atoms with van der Waals surface area (Å²) in [4.78, 5) is 24.2. The van der Waals surface area contributed by atoms with E-state index in [0.29, 0.717) is 30.8 Å². The molecule has 1 unspecified atom stereocenters. The van der Waals surface area contributed by atoms with Crippen molar-refractivity contribution in [3.8, 4) is 0 Å². The molecule has 0 radical (unpaired) electrons. The minimum absolute atomic E-state index is 0.183. The van der Waals surface area contributed by atoms with Crippen molar-refractivity contribution in [1.29, 1.82) is 0 Å². The number of nitrogens with one attached hydrogen (secondary N) is 2. The van der Waals surface area contributed by atoms with Crippen LogP contribution in [0, 0.1) is 0 Å². The van der Waals surface area contributed by atoms with E-state index in [1.165, 1.54) is 11.2 Å². The second-order valence-electron chi connectivity index (χ2n) is 7.53. The third-order valence-electron chi connectivity index (χ3n) is 5.31. The summed E-state index contributed by atoms with van der Waals surface area (Å²) in [6.07, 6.45) is 1.08. The first-order chi connectivity index (χ1) is 14.8. The van der Waals surface area contributed by atoms with Gasteiger partial charge in [-0.2, -0.15) is 4.31 Å². The molecule has 2 amide bonds. The first kappa shape index (κ1) is 21.0. The average Bonchev–Trinajstić information content (AvgIpc) is 3.25. The fourth-order valence-electron chi connectivity index (χ4n) is 3.82. The fourth-order valence-corrected chi connectivity index (χ4v) is 5.51. The van der Waals surface area contributed by atoms with Crippen molar-refractivity contribution in [1.82, 2.24) is 4.31 Å². The van der Waals surface area contributed by atoms with Crippen LogP contribution >= 0.6 is 0 Å². The maximum atomic E-state index is 13.3. The van der Waals surface area contributed by atoms with E-state index in [1.54, 1.807) is 42.5 Å². The molecule has 3 aromatic carbocycles. The minimum atomic E-state index is -3.81. The number of rotatable bonds is 5. The Bertz CT molecular complexity index is 1240. The first-order valence-corrected chi connectivity index (χ1v) is 11.5. The van der Waals surface area contributed by atoms with E-state index < -0.39 is 16.1 Å². The fraction of sp³-hybridized carbons (Fsp3) is 0.217. The highest BCUT2D eigenvalue weighted by Gasteiger charge is 2.39. The molecule has 2 N–H and O–H groups in total. The predicted octanol–water partition coefficient (Wildman–Crippen LogP) is 3.59. The van der Waals surface area contributed by atoms with Crippen LogP contribution in [0.15, 0.2) is 71.6 Å². The molecular weight excluding hydrogens is 414 g/mol. The van der Waals surface area contributed by atoms with Gasteiger partial charge in [0, 0.05) is 24.8 Å². The van der Waals surface area contributed by atoms with Crippen molar-refractivity contribution in [3.05, 3.63) is 66.7 Å². The molecule has 0 bridgehead atoms. The Morgan fingerprint density at radius 2 is 1.55 bits per heavy atom. The third-order valence-corrected chi connectivity index (χ3v) is 7.21. The van der Waals surface area contributed by atoms with Gasteiger partial charge in [0.1, 0.15) is 6.04 Å². The average molecular weight is 438 g/mol. The SMILES string of the molecule is CC(=O)Nc1ccc(NC(=O)C2CCCN2S(=O)(=O)c2ccc3ccccc3c2)cc1. The maximum absolute atomic E-state index is 13.3. The smallest absolute Gasteiger partial charge is 0.243 e. The standard InChI is InChI=1S/C23H23N3O4S/c1-16(27)24-19-9-11-20(12-10-19)25-23(28)22-7-4-14-26(22)31(29,30)21-13-8-17-5-2-3-6-18(17)15-21/h2-3,5-6,8-13,15,22H,4,7,14H2,1H3,(H,24,27)(H,25,28). The summed E-state index contributed by atoms with van der Waals surface area (Å²) in [6.45, 7) is 1.72. The Hall–Kier alpha value is -3.23. The molecule has 1 heterocycles. The summed E-state index contributed by atoms with van der Waals surface area (Å²) >= 11 is 0. The van der Waals surface area contributed by atoms with Gasteiger partial charge in [0.05, 0.1) is 4.90 Å². The molecular formula is C23H23N3O4S. The number of anilines is 2. The molecule has 7 nitrogen and oxygen atoms in total. The van der Waals surface area contributed by atoms with E-state index in [2.05, 4.69) is 10.6 Å². The Kier molecular flexibility index (Phi) is 5.75. The van der Waals surface area contributed by atoms with Crippen LogP contribution in [0.3, 0.4) is 0 Å². The molecule has 160 valence electrons. The first-order valence-electron chi connectivity index (χ1n) is 10.0. The Morgan fingerprint density at radius 3 is 2.23 bits per heavy atom. The number of amides is 2. The van der Waals surface area contributed by atoms with Crippen LogP contribution in [0.5, 0.6) is 0 Å². The summed E-state index contributed by atoms with van der Waals surface area (Å²) in [7, 11) is -3.81. The van der Waals surface area contributed by atoms with Gasteiger partial charge in [0.2, 0.25) is 21.8 Å². The highest BCUT2D eigenvalue weighted by molar-refractivity contribution is 7.89. The van der Waals surface area contributed by atoms with E-state index in [1.807, 2.05) is 24.3 Å². The van der Waals surface area contributed by atoms with Crippen molar-refractivity contribution >= 4 is 44.0 Å². The zero-order valence-electron chi connectivity index (χ0n) is 17.0. The zero-order chi connectivity index (χ0) is 22.0. The van der Waals surface area contributed by atoms with Crippen molar-refractivity contribution in [2.75, 3.05) is 17.2 Å². The normalized spacial score (nSPS) is 16.9. The molecule has 3 aromatic rings. The van der Waals surface area contributed by atoms with Crippen LogP contribution in [-0.2, 0) is 19.6 Å². The van der Waals surface area contributed by atoms with Gasteiger partial charge in [-0.25, -0.2) is 8.42 Å². The molecule has 1 aliphatic heterocycles. The molecule has 4 rings (SSSR count). The number of carbonyl (C=O) groups is 2. The van der Waals surface area contributed by atoms with Crippen LogP contribution < -0.4 is 10.6 Å². The quantitative estimate of drug-likeness (QED) is 0.638. The summed E-state index contributed by atoms with van der Waals surface area (Å²) < 4.78 is 27.9. The second kappa shape index (κ2) is 8.49. The van der Waals surface area contributed by atoms with Gasteiger partial charge >= 0.3 is 0 Å². The van der Waals surface area contributed by atoms with E-state index >= 15 is 0 Å². The predicted molar refractivity (Wildman–Crippen MR) is 120 cm³/mol. The lowest BCUT2D eigenvalue weighted by Gasteiger charge is -2.23. The van der Waals surface area contributed by atoms with Crippen molar-refractivity contribution in [3.63, 3.8) is 0 Å². The van der Waals surface area contributed by atoms with Crippen molar-refractivity contribution < 1.29 is 18.0 Å². The zero-order valence-corrected chi connectivity index (χ0v) is 17.9. The summed E-state index contributed by atoms with van der Waals surface area (Å²) in [5.41, 5.74) is 1.15. The van der Waals surface area contributed by atoms with E-state index in [0.717, 1.165) is 10.8 Å². The topological polar surface area (TPSA) is 95.6 Å². The number of benzene rings is 3. The van der Waals surface area contributed by atoms with Crippen LogP contribution in [0.2, 0.25) is 0 Å². The molecule has 1 atom stereocenters. The van der Waals surface area contributed by atoms with Gasteiger partial charge in [-0.3, -0.25) is 9.59 Å². The van der Waals surface area contributed by atoms with Gasteiger partial charge in [-0.05, 0) is 60.0 Å². The second-order valence-corrected chi connectivity index (χ2v) is 9.42. The monoisotopic (exact) mass is 437 g/mol. The van der Waals surface area contributed by atoms with Gasteiger partial charge < -0.3 is 10.6 Å². The molecule has 0 saturated carbocycles. The Balaban J connectivity index is 1.53. The largest absolute Gasteiger partial charge is 0.326 e. The Morgan fingerprint density at radius 1 is 0.903 bits per heavy atom. The Labute approximate surface area is 181 Å². The van der Waals surface area contributed by atoms with Crippen LogP contribution in [0.1, 0.15) is 19.8 Å². The number of hydrogen-bond acceptors (Lipinski definition) is 4. The van der Waals surface area contributed by atoms with Crippen molar-refractivity contribution in [2.45, 2.75) is 30.7 Å². The lowest BCUT2D eigenvalue weighted by Crippen LogP contribution is -2.43. The summed E-state index contributed by atoms with van der Waals surface area (Å²) in [5, 5.41) is 7.24. The van der Waals surface area contributed by atoms with E-state index in [4.69, 9.17) is 0 Å². The lowest BCUT2D eigenvalue weighted by atomic mass is 10.1. The third kappa shape index (κ3) is 4.45. The lowest BCUT2D eigenvalue weighted by molar-refractivity contribution is -0.119. The van der Waals surface area contributed by atoms with Gasteiger partial charge in [0.25, 0.3) is 0 Å². The molecule has 31 heavy (non-hydrogen) atoms. The van der Waals surface area contributed by atoms with Crippen LogP contribution in [-0.4, -0.2) is 37.1 Å². The number of carbonyl (C=O) groups excluding carboxylic acids is 2. The molecule has 0 aromatic heterocycles. The molecule has 8 heteroatoms. The number of sulfonamides is 1. The molecule has 1 saturated heterocycles. The number of hydrogen-bond donors (Lipinski definition) is 2. The number of fused-ring (bicyclic) bond motifs is 1. The van der Waals surface area contributed by atoms with Crippen LogP contribution in [0.4, 0.5) is 11.4 Å². The summed E-state index contributed by atoms with van der Waals surface area (Å²) in [5.74, 6) is -0.550. The van der Waals surface area contributed by atoms with Gasteiger partial charge in [0.15, 0.2) is 0 Å². The van der Waals surface area contributed by atoms with E-state index in [9.17, 15) is 18.0 Å². The highest BCUT2D eigenvalue weighted by Crippen LogP contribution is 2.29. The molecule has 1 fully saturated rings. The summed E-state index contributed by atoms with van der Waals surface area (Å²) in [6, 6.07) is 18.5.